The Morgan fingerprint density at radius 2 is 1.89 bits per heavy atom. The predicted molar refractivity (Wildman–Crippen MR) is 78.7 cm³/mol. The van der Waals surface area contributed by atoms with Crippen molar-refractivity contribution in [3.05, 3.63) is 16.5 Å². The fraction of sp³-hybridized carbons (Fsp3) is 0.714. The largest absolute Gasteiger partial charge is 0.370 e. The van der Waals surface area contributed by atoms with E-state index in [1.807, 2.05) is 13.0 Å². The van der Waals surface area contributed by atoms with E-state index in [0.29, 0.717) is 0 Å². The second-order valence-corrected chi connectivity index (χ2v) is 6.11. The highest BCUT2D eigenvalue weighted by molar-refractivity contribution is 9.10. The molecule has 18 heavy (non-hydrogen) atoms. The van der Waals surface area contributed by atoms with Crippen LogP contribution in [0.15, 0.2) is 10.7 Å². The summed E-state index contributed by atoms with van der Waals surface area (Å²) in [5.41, 5.74) is 0. The van der Waals surface area contributed by atoms with Crippen LogP contribution >= 0.6 is 15.9 Å². The Morgan fingerprint density at radius 3 is 2.50 bits per heavy atom. The second-order valence-electron chi connectivity index (χ2n) is 5.30. The van der Waals surface area contributed by atoms with Gasteiger partial charge in [-0.05, 0) is 47.5 Å². The van der Waals surface area contributed by atoms with E-state index in [0.717, 1.165) is 34.6 Å². The molecule has 1 aromatic heterocycles. The lowest BCUT2D eigenvalue weighted by atomic mass is 9.81. The lowest BCUT2D eigenvalue weighted by Crippen LogP contribution is -2.21. The summed E-state index contributed by atoms with van der Waals surface area (Å²) < 4.78 is 0.854. The van der Waals surface area contributed by atoms with Gasteiger partial charge in [0.1, 0.15) is 16.2 Å². The van der Waals surface area contributed by atoms with Crippen LogP contribution in [0.5, 0.6) is 0 Å². The van der Waals surface area contributed by atoms with E-state index in [9.17, 15) is 0 Å². The molecular weight excluding hydrogens is 290 g/mol. The van der Waals surface area contributed by atoms with Crippen molar-refractivity contribution in [3.8, 4) is 0 Å². The van der Waals surface area contributed by atoms with Crippen LogP contribution < -0.4 is 5.32 Å². The highest BCUT2D eigenvalue weighted by Crippen LogP contribution is 2.30. The SMILES string of the molecule is CCC1CCC(CNc2cc(Br)nc(C)n2)CC1. The van der Waals surface area contributed by atoms with Crippen LogP contribution in [-0.2, 0) is 0 Å². The van der Waals surface area contributed by atoms with E-state index in [2.05, 4.69) is 38.1 Å². The number of aromatic nitrogens is 2. The van der Waals surface area contributed by atoms with Gasteiger partial charge in [0.05, 0.1) is 0 Å². The van der Waals surface area contributed by atoms with Crippen molar-refractivity contribution >= 4 is 21.7 Å². The van der Waals surface area contributed by atoms with Crippen molar-refractivity contribution in [2.24, 2.45) is 11.8 Å². The van der Waals surface area contributed by atoms with Crippen molar-refractivity contribution < 1.29 is 0 Å². The lowest BCUT2D eigenvalue weighted by molar-refractivity contribution is 0.278. The van der Waals surface area contributed by atoms with Crippen LogP contribution in [-0.4, -0.2) is 16.5 Å². The van der Waals surface area contributed by atoms with Gasteiger partial charge < -0.3 is 5.32 Å². The molecule has 1 aromatic rings. The van der Waals surface area contributed by atoms with Crippen molar-refractivity contribution in [2.45, 2.75) is 46.0 Å². The average Bonchev–Trinajstić information content (AvgIpc) is 2.36. The van der Waals surface area contributed by atoms with Gasteiger partial charge in [-0.3, -0.25) is 0 Å². The maximum absolute atomic E-state index is 4.40. The molecule has 0 atom stereocenters. The van der Waals surface area contributed by atoms with Crippen molar-refractivity contribution in [1.82, 2.24) is 9.97 Å². The Balaban J connectivity index is 1.81. The molecule has 4 heteroatoms. The van der Waals surface area contributed by atoms with Gasteiger partial charge in [-0.25, -0.2) is 9.97 Å². The summed E-state index contributed by atoms with van der Waals surface area (Å²) in [5, 5.41) is 3.45. The summed E-state index contributed by atoms with van der Waals surface area (Å²) in [6.45, 7) is 5.27. The number of rotatable bonds is 4. The smallest absolute Gasteiger partial charge is 0.130 e. The van der Waals surface area contributed by atoms with E-state index in [1.54, 1.807) is 0 Å². The Morgan fingerprint density at radius 1 is 1.22 bits per heavy atom. The molecule has 1 aliphatic rings. The van der Waals surface area contributed by atoms with Gasteiger partial charge in [-0.2, -0.15) is 0 Å². The molecule has 100 valence electrons. The zero-order valence-electron chi connectivity index (χ0n) is 11.2. The first kappa shape index (κ1) is 13.8. The number of nitrogens with zero attached hydrogens (tertiary/aromatic N) is 2. The number of aryl methyl sites for hydroxylation is 1. The molecule has 0 bridgehead atoms. The minimum atomic E-state index is 0.807. The fourth-order valence-corrected chi connectivity index (χ4v) is 3.19. The monoisotopic (exact) mass is 311 g/mol. The molecule has 1 saturated carbocycles. The van der Waals surface area contributed by atoms with Crippen LogP contribution in [0.1, 0.15) is 44.9 Å². The summed E-state index contributed by atoms with van der Waals surface area (Å²) in [6.07, 6.45) is 6.86. The minimum absolute atomic E-state index is 0.807. The summed E-state index contributed by atoms with van der Waals surface area (Å²) in [4.78, 5) is 8.61. The van der Waals surface area contributed by atoms with Gasteiger partial charge in [-0.15, -0.1) is 0 Å². The lowest BCUT2D eigenvalue weighted by Gasteiger charge is -2.28. The molecule has 0 amide bonds. The summed E-state index contributed by atoms with van der Waals surface area (Å²) >= 11 is 3.41. The summed E-state index contributed by atoms with van der Waals surface area (Å²) in [5.74, 6) is 3.52. The molecule has 0 spiro atoms. The van der Waals surface area contributed by atoms with Crippen LogP contribution in [0.2, 0.25) is 0 Å². The van der Waals surface area contributed by atoms with Gasteiger partial charge in [-0.1, -0.05) is 26.2 Å². The van der Waals surface area contributed by atoms with Crippen LogP contribution in [0.4, 0.5) is 5.82 Å². The maximum Gasteiger partial charge on any atom is 0.130 e. The molecule has 0 aliphatic heterocycles. The molecule has 3 nitrogen and oxygen atoms in total. The maximum atomic E-state index is 4.40. The quantitative estimate of drug-likeness (QED) is 0.848. The summed E-state index contributed by atoms with van der Waals surface area (Å²) in [7, 11) is 0. The van der Waals surface area contributed by atoms with Crippen molar-refractivity contribution in [3.63, 3.8) is 0 Å². The number of hydrogen-bond acceptors (Lipinski definition) is 3. The second kappa shape index (κ2) is 6.50. The van der Waals surface area contributed by atoms with E-state index in [4.69, 9.17) is 0 Å². The zero-order chi connectivity index (χ0) is 13.0. The molecule has 0 unspecified atom stereocenters. The van der Waals surface area contributed by atoms with Crippen LogP contribution in [0.25, 0.3) is 0 Å². The molecule has 1 heterocycles. The molecule has 1 aliphatic carbocycles. The first-order valence-electron chi connectivity index (χ1n) is 6.92. The molecule has 2 rings (SSSR count). The van der Waals surface area contributed by atoms with Crippen LogP contribution in [0, 0.1) is 18.8 Å². The van der Waals surface area contributed by atoms with E-state index >= 15 is 0 Å². The minimum Gasteiger partial charge on any atom is -0.370 e. The van der Waals surface area contributed by atoms with Gasteiger partial charge >= 0.3 is 0 Å². The van der Waals surface area contributed by atoms with Gasteiger partial charge in [0.2, 0.25) is 0 Å². The predicted octanol–water partition coefficient (Wildman–Crippen LogP) is 4.18. The molecule has 0 saturated heterocycles. The molecule has 1 N–H and O–H groups in total. The number of nitrogens with one attached hydrogen (secondary N) is 1. The Bertz CT molecular complexity index is 366. The third-order valence-electron chi connectivity index (χ3n) is 3.92. The highest BCUT2D eigenvalue weighted by atomic mass is 79.9. The standard InChI is InChI=1S/C14H22BrN3/c1-3-11-4-6-12(7-5-11)9-16-14-8-13(15)17-10(2)18-14/h8,11-12H,3-7,9H2,1-2H3,(H,16,17,18). The fourth-order valence-electron chi connectivity index (χ4n) is 2.71. The first-order chi connectivity index (χ1) is 8.67. The number of halogens is 1. The molecule has 1 fully saturated rings. The third kappa shape index (κ3) is 3.94. The molecular formula is C14H22BrN3. The Kier molecular flexibility index (Phi) is 4.98. The average molecular weight is 312 g/mol. The van der Waals surface area contributed by atoms with Crippen molar-refractivity contribution in [1.29, 1.82) is 0 Å². The van der Waals surface area contributed by atoms with Crippen molar-refractivity contribution in [2.75, 3.05) is 11.9 Å². The summed E-state index contributed by atoms with van der Waals surface area (Å²) in [6, 6.07) is 1.95. The topological polar surface area (TPSA) is 37.8 Å². The number of hydrogen-bond donors (Lipinski definition) is 1. The normalized spacial score (nSPS) is 23.9. The van der Waals surface area contributed by atoms with Gasteiger partial charge in [0.15, 0.2) is 0 Å². The van der Waals surface area contributed by atoms with E-state index in [1.165, 1.54) is 32.1 Å². The highest BCUT2D eigenvalue weighted by Gasteiger charge is 2.19. The molecule has 0 radical (unpaired) electrons. The third-order valence-corrected chi connectivity index (χ3v) is 4.33. The Labute approximate surface area is 118 Å². The van der Waals surface area contributed by atoms with E-state index in [-0.39, 0.29) is 0 Å². The number of anilines is 1. The molecule has 0 aromatic carbocycles. The first-order valence-corrected chi connectivity index (χ1v) is 7.71. The van der Waals surface area contributed by atoms with Gasteiger partial charge in [0.25, 0.3) is 0 Å². The zero-order valence-corrected chi connectivity index (χ0v) is 12.8. The van der Waals surface area contributed by atoms with E-state index < -0.39 is 0 Å². The van der Waals surface area contributed by atoms with Crippen LogP contribution in [0.3, 0.4) is 0 Å². The Hall–Kier alpha value is -0.640. The van der Waals surface area contributed by atoms with Gasteiger partial charge in [0, 0.05) is 12.6 Å².